The van der Waals surface area contributed by atoms with Crippen molar-refractivity contribution < 1.29 is 163 Å². The summed E-state index contributed by atoms with van der Waals surface area (Å²) in [6.45, 7) is -0.139. The van der Waals surface area contributed by atoms with Gasteiger partial charge < -0.3 is 165 Å². The predicted octanol–water partition coefficient (Wildman–Crippen LogP) is -0.307. The lowest BCUT2D eigenvalue weighted by Gasteiger charge is -2.51. The van der Waals surface area contributed by atoms with E-state index >= 15 is 0 Å². The SMILES string of the molecule is CCCCCCCC/C=C\CCCCCCCCCCCCCC(=O)N[C@@H](CO[C@@H]1OC(CO)[C@@H](O[C@@H]2OC(CO)[C@H](O[C@@H]3OC(CO)[C@H](O)[C@H](O)C3NC(C)=O)[C@H](O[C@H]3OC(CO)[C@H](O)[C@H](O[C@@H]4OC(CO)[C@@H](O[C@@H]5OC(CO)[C@H](O)[C@H](O)C5O)[C@H](O)C4NC(C)=O)C3O)C2O)[C@H](O)C1O)[C@H](O)/C=C/CCCCCCCCCCCCC. The van der Waals surface area contributed by atoms with Gasteiger partial charge in [0.15, 0.2) is 37.7 Å². The highest BCUT2D eigenvalue weighted by atomic mass is 16.8. The zero-order chi connectivity index (χ0) is 86.2. The number of nitrogens with one attached hydrogen (secondary N) is 3. The zero-order valence-corrected chi connectivity index (χ0v) is 69.5. The molecule has 12 unspecified atom stereocenters. The monoisotopic (exact) mass is 1700 g/mol. The first-order valence-corrected chi connectivity index (χ1v) is 43.6. The molecule has 0 aromatic carbocycles. The third-order valence-electron chi connectivity index (χ3n) is 22.9. The maximum atomic E-state index is 13.7. The molecular weight excluding hydrogens is 1550 g/mol. The van der Waals surface area contributed by atoms with Gasteiger partial charge in [0.05, 0.1) is 58.4 Å². The summed E-state index contributed by atoms with van der Waals surface area (Å²) in [5.74, 6) is -2.04. The minimum Gasteiger partial charge on any atom is -0.394 e. The topological polar surface area (TPSA) is 562 Å². The van der Waals surface area contributed by atoms with Crippen LogP contribution in [0.1, 0.15) is 233 Å². The smallest absolute Gasteiger partial charge is 0.220 e. The molecular formula is C82H147N3O33. The summed E-state index contributed by atoms with van der Waals surface area (Å²) in [5, 5.41) is 209. The average Bonchev–Trinajstić information content (AvgIpc) is 0.762. The third-order valence-corrected chi connectivity index (χ3v) is 22.9. The third kappa shape index (κ3) is 32.6. The van der Waals surface area contributed by atoms with Crippen LogP contribution in [0.5, 0.6) is 0 Å². The summed E-state index contributed by atoms with van der Waals surface area (Å²) in [6, 6.07) is -4.65. The van der Waals surface area contributed by atoms with E-state index in [1.165, 1.54) is 122 Å². The van der Waals surface area contributed by atoms with Gasteiger partial charge in [-0.3, -0.25) is 14.4 Å². The lowest BCUT2D eigenvalue weighted by atomic mass is 9.94. The molecule has 32 atom stereocenters. The number of carbonyl (C=O) groups is 3. The Hall–Kier alpha value is -3.31. The number of allylic oxidation sites excluding steroid dienone is 3. The van der Waals surface area contributed by atoms with Gasteiger partial charge in [-0.15, -0.1) is 0 Å². The fraction of sp³-hybridized carbons (Fsp3) is 0.915. The van der Waals surface area contributed by atoms with Gasteiger partial charge in [-0.1, -0.05) is 192 Å². The van der Waals surface area contributed by atoms with E-state index in [4.69, 9.17) is 56.8 Å². The molecule has 6 rings (SSSR count). The average molecular weight is 1700 g/mol. The Morgan fingerprint density at radius 2 is 0.661 bits per heavy atom. The van der Waals surface area contributed by atoms with E-state index in [1.807, 2.05) is 6.08 Å². The number of aliphatic hydroxyl groups is 18. The summed E-state index contributed by atoms with van der Waals surface area (Å²) in [6.07, 6.45) is -13.1. The van der Waals surface area contributed by atoms with Crippen molar-refractivity contribution in [3.05, 3.63) is 24.3 Å². The van der Waals surface area contributed by atoms with E-state index in [-0.39, 0.29) is 12.3 Å². The molecule has 6 saturated heterocycles. The van der Waals surface area contributed by atoms with Gasteiger partial charge in [0.2, 0.25) is 17.7 Å². The fourth-order valence-corrected chi connectivity index (χ4v) is 15.9. The summed E-state index contributed by atoms with van der Waals surface area (Å²) in [4.78, 5) is 39.1. The van der Waals surface area contributed by atoms with E-state index in [0.717, 1.165) is 78.1 Å². The molecule has 0 aromatic rings. The van der Waals surface area contributed by atoms with Crippen LogP contribution >= 0.6 is 0 Å². The van der Waals surface area contributed by atoms with Crippen molar-refractivity contribution in [2.75, 3.05) is 46.2 Å². The van der Waals surface area contributed by atoms with Gasteiger partial charge in [-0.05, 0) is 44.9 Å². The molecule has 0 aliphatic carbocycles. The number of rotatable bonds is 57. The molecule has 0 spiro atoms. The molecule has 688 valence electrons. The van der Waals surface area contributed by atoms with Crippen LogP contribution < -0.4 is 16.0 Å². The van der Waals surface area contributed by atoms with Gasteiger partial charge in [0.25, 0.3) is 0 Å². The summed E-state index contributed by atoms with van der Waals surface area (Å²) in [7, 11) is 0. The Labute approximate surface area is 694 Å². The fourth-order valence-electron chi connectivity index (χ4n) is 15.9. The van der Waals surface area contributed by atoms with Crippen molar-refractivity contribution in [1.82, 2.24) is 16.0 Å². The van der Waals surface area contributed by atoms with E-state index in [2.05, 4.69) is 41.9 Å². The number of hydrogen-bond acceptors (Lipinski definition) is 33. The van der Waals surface area contributed by atoms with Gasteiger partial charge in [-0.2, -0.15) is 0 Å². The molecule has 6 heterocycles. The Morgan fingerprint density at radius 1 is 0.331 bits per heavy atom. The summed E-state index contributed by atoms with van der Waals surface area (Å²) in [5.41, 5.74) is 0. The normalized spacial score (nSPS) is 36.0. The maximum absolute atomic E-state index is 13.7. The minimum atomic E-state index is -2.38. The van der Waals surface area contributed by atoms with Crippen LogP contribution in [-0.2, 0) is 71.2 Å². The number of ether oxygens (including phenoxy) is 12. The Kier molecular flexibility index (Phi) is 49.6. The Morgan fingerprint density at radius 3 is 1.13 bits per heavy atom. The van der Waals surface area contributed by atoms with Crippen molar-refractivity contribution in [1.29, 1.82) is 0 Å². The minimum absolute atomic E-state index is 0.145. The second-order valence-electron chi connectivity index (χ2n) is 32.4. The van der Waals surface area contributed by atoms with Crippen molar-refractivity contribution >= 4 is 17.7 Å². The van der Waals surface area contributed by atoms with Crippen molar-refractivity contribution in [3.8, 4) is 0 Å². The molecule has 36 heteroatoms. The van der Waals surface area contributed by atoms with E-state index in [9.17, 15) is 106 Å². The quantitative estimate of drug-likeness (QED) is 0.0274. The first kappa shape index (κ1) is 103. The van der Waals surface area contributed by atoms with Crippen LogP contribution in [0.25, 0.3) is 0 Å². The maximum Gasteiger partial charge on any atom is 0.220 e. The van der Waals surface area contributed by atoms with Crippen LogP contribution in [0.4, 0.5) is 0 Å². The molecule has 0 saturated carbocycles. The highest BCUT2D eigenvalue weighted by molar-refractivity contribution is 5.76. The van der Waals surface area contributed by atoms with Gasteiger partial charge in [0, 0.05) is 20.3 Å². The predicted molar refractivity (Wildman–Crippen MR) is 421 cm³/mol. The van der Waals surface area contributed by atoms with Crippen LogP contribution in [0.3, 0.4) is 0 Å². The van der Waals surface area contributed by atoms with E-state index in [1.54, 1.807) is 6.08 Å². The Balaban J connectivity index is 1.16. The van der Waals surface area contributed by atoms with Crippen molar-refractivity contribution in [2.45, 2.75) is 429 Å². The molecule has 6 aliphatic heterocycles. The van der Waals surface area contributed by atoms with Crippen LogP contribution in [-0.4, -0.2) is 352 Å². The highest BCUT2D eigenvalue weighted by Gasteiger charge is 2.59. The number of amides is 3. The lowest BCUT2D eigenvalue weighted by Crippen LogP contribution is -2.70. The Bertz CT molecular complexity index is 2760. The lowest BCUT2D eigenvalue weighted by molar-refractivity contribution is -0.401. The zero-order valence-electron chi connectivity index (χ0n) is 69.5. The van der Waals surface area contributed by atoms with Crippen molar-refractivity contribution in [2.24, 2.45) is 0 Å². The standard InChI is InChI=1S/C82H147N3O33/c1-5-7-9-11-13-15-17-19-20-21-22-23-24-25-26-28-30-32-34-36-38-40-58(95)85-50(51(94)39-37-35-33-31-29-27-18-16-14-12-10-8-6-2)47-107-79-69(104)67(102)73(56(45-90)112-79)115-82-71(106)76(74(57(46-91)113-82)116-77-59(83-48(3)92)64(99)61(96)52(41-86)108-77)118-81-70(105)75(63(98)54(43-88)110-81)117-78-60(84-49(4)93)65(100)72(55(44-89)111-78)114-80-68(103)66(101)62(97)53(42-87)109-80/h19-20,37,39,50-57,59-82,86-91,94,96-106H,5-18,21-36,38,40-47H2,1-4H3,(H,83,92)(H,84,93)(H,85,95)/b20-19-,39-37+/t50-,51+,52?,53?,54?,55?,56?,57?,59?,60?,61-,62-,63-,64+,65+,66-,67+,68?,69?,70?,71?,72+,73+,74-,75-,76+,77-,78-,79+,80-,81+,82-/m0/s1. The molecule has 3 amide bonds. The van der Waals surface area contributed by atoms with Gasteiger partial charge in [0.1, 0.15) is 146 Å². The second-order valence-corrected chi connectivity index (χ2v) is 32.4. The number of hydrogen-bond donors (Lipinski definition) is 21. The number of unbranched alkanes of at least 4 members (excludes halogenated alkanes) is 28. The molecule has 36 nitrogen and oxygen atoms in total. The number of aliphatic hydroxyl groups excluding tert-OH is 18. The second kappa shape index (κ2) is 56.6. The van der Waals surface area contributed by atoms with Crippen LogP contribution in [0.15, 0.2) is 24.3 Å². The number of carbonyl (C=O) groups excluding carboxylic acids is 3. The molecule has 0 aromatic heterocycles. The van der Waals surface area contributed by atoms with Gasteiger partial charge >= 0.3 is 0 Å². The highest BCUT2D eigenvalue weighted by Crippen LogP contribution is 2.39. The first-order valence-electron chi connectivity index (χ1n) is 43.6. The molecule has 6 fully saturated rings. The molecule has 0 radical (unpaired) electrons. The molecule has 6 aliphatic rings. The van der Waals surface area contributed by atoms with Crippen LogP contribution in [0.2, 0.25) is 0 Å². The first-order chi connectivity index (χ1) is 56.8. The van der Waals surface area contributed by atoms with E-state index in [0.29, 0.717) is 12.8 Å². The van der Waals surface area contributed by atoms with E-state index < -0.39 is 254 Å². The molecule has 118 heavy (non-hydrogen) atoms. The molecule has 0 bridgehead atoms. The van der Waals surface area contributed by atoms with Crippen LogP contribution in [0, 0.1) is 0 Å². The largest absolute Gasteiger partial charge is 0.394 e. The summed E-state index contributed by atoms with van der Waals surface area (Å²) < 4.78 is 72.1. The van der Waals surface area contributed by atoms with Crippen molar-refractivity contribution in [3.63, 3.8) is 0 Å². The molecule has 21 N–H and O–H groups in total. The van der Waals surface area contributed by atoms with Gasteiger partial charge in [-0.25, -0.2) is 0 Å². The summed E-state index contributed by atoms with van der Waals surface area (Å²) >= 11 is 0.